The van der Waals surface area contributed by atoms with Gasteiger partial charge in [0.25, 0.3) is 0 Å². The van der Waals surface area contributed by atoms with Crippen molar-refractivity contribution in [1.29, 1.82) is 5.41 Å². The molecule has 112 valence electrons. The van der Waals surface area contributed by atoms with Gasteiger partial charge in [0, 0.05) is 19.0 Å². The molecule has 0 saturated carbocycles. The lowest BCUT2D eigenvalue weighted by Gasteiger charge is -2.32. The summed E-state index contributed by atoms with van der Waals surface area (Å²) in [5.74, 6) is -0.276. The summed E-state index contributed by atoms with van der Waals surface area (Å²) in [6.07, 6.45) is 6.20. The fourth-order valence-corrected chi connectivity index (χ4v) is 2.27. The van der Waals surface area contributed by atoms with Crippen molar-refractivity contribution in [1.82, 2.24) is 0 Å². The second kappa shape index (κ2) is 5.96. The van der Waals surface area contributed by atoms with Gasteiger partial charge in [0.05, 0.1) is 17.0 Å². The highest BCUT2D eigenvalue weighted by Crippen LogP contribution is 2.39. The lowest BCUT2D eigenvalue weighted by molar-refractivity contribution is 0.00578. The molecule has 2 fully saturated rings. The summed E-state index contributed by atoms with van der Waals surface area (Å²) in [5, 5.41) is 7.58. The Balaban J connectivity index is 1.99. The molecule has 0 bridgehead atoms. The summed E-state index contributed by atoms with van der Waals surface area (Å²) in [5.41, 5.74) is -0.762. The van der Waals surface area contributed by atoms with Crippen molar-refractivity contribution in [2.24, 2.45) is 4.99 Å². The van der Waals surface area contributed by atoms with Gasteiger partial charge in [-0.05, 0) is 47.0 Å². The molecular formula is C14H25BN2O3. The molecule has 0 spiro atoms. The summed E-state index contributed by atoms with van der Waals surface area (Å²) in [4.78, 5) is 4.44. The highest BCUT2D eigenvalue weighted by molar-refractivity contribution is 6.56. The van der Waals surface area contributed by atoms with E-state index >= 15 is 0 Å². The van der Waals surface area contributed by atoms with Crippen LogP contribution < -0.4 is 0 Å². The summed E-state index contributed by atoms with van der Waals surface area (Å²) in [6.45, 7) is 8.81. The fourth-order valence-electron chi connectivity index (χ4n) is 2.27. The van der Waals surface area contributed by atoms with Crippen LogP contribution in [0.3, 0.4) is 0 Å². The molecule has 5 nitrogen and oxygen atoms in total. The number of aliphatic imine (C=N–C) groups is 1. The van der Waals surface area contributed by atoms with Crippen LogP contribution >= 0.6 is 0 Å². The smallest absolute Gasteiger partial charge is 0.403 e. The van der Waals surface area contributed by atoms with Gasteiger partial charge in [-0.1, -0.05) is 0 Å². The van der Waals surface area contributed by atoms with E-state index in [9.17, 15) is 0 Å². The Morgan fingerprint density at radius 1 is 1.20 bits per heavy atom. The van der Waals surface area contributed by atoms with Gasteiger partial charge in [0.2, 0.25) is 0 Å². The summed E-state index contributed by atoms with van der Waals surface area (Å²) in [7, 11) is -0.454. The predicted molar refractivity (Wildman–Crippen MR) is 80.7 cm³/mol. The molecular weight excluding hydrogens is 255 g/mol. The Hall–Kier alpha value is -0.715. The molecule has 2 heterocycles. The number of rotatable bonds is 4. The zero-order chi connectivity index (χ0) is 14.8. The van der Waals surface area contributed by atoms with Gasteiger partial charge in [0.1, 0.15) is 6.23 Å². The fraction of sp³-hybridized carbons (Fsp3) is 0.857. The monoisotopic (exact) mass is 280 g/mol. The molecule has 2 unspecified atom stereocenters. The number of nitrogens with one attached hydrogen (secondary N) is 1. The Bertz CT molecular complexity index is 363. The molecule has 0 amide bonds. The van der Waals surface area contributed by atoms with Crippen molar-refractivity contribution in [2.75, 3.05) is 6.61 Å². The zero-order valence-electron chi connectivity index (χ0n) is 12.9. The molecule has 20 heavy (non-hydrogen) atoms. The highest BCUT2D eigenvalue weighted by Gasteiger charge is 2.53. The first-order valence-corrected chi connectivity index (χ1v) is 7.37. The van der Waals surface area contributed by atoms with Crippen LogP contribution in [0.2, 0.25) is 5.82 Å². The highest BCUT2D eigenvalue weighted by atomic mass is 16.7. The molecule has 0 aromatic rings. The Morgan fingerprint density at radius 3 is 2.35 bits per heavy atom. The van der Waals surface area contributed by atoms with Gasteiger partial charge in [-0.3, -0.25) is 4.99 Å². The van der Waals surface area contributed by atoms with Crippen molar-refractivity contribution in [2.45, 2.75) is 70.2 Å². The zero-order valence-corrected chi connectivity index (χ0v) is 12.9. The van der Waals surface area contributed by atoms with Crippen molar-refractivity contribution >= 4 is 19.5 Å². The van der Waals surface area contributed by atoms with E-state index in [0.29, 0.717) is 0 Å². The maximum atomic E-state index is 7.58. The molecule has 2 aliphatic heterocycles. The van der Waals surface area contributed by atoms with E-state index in [2.05, 4.69) is 4.99 Å². The van der Waals surface area contributed by atoms with Crippen LogP contribution in [0.25, 0.3) is 0 Å². The van der Waals surface area contributed by atoms with Crippen LogP contribution in [0.1, 0.15) is 47.0 Å². The van der Waals surface area contributed by atoms with Crippen LogP contribution in [0.5, 0.6) is 0 Å². The van der Waals surface area contributed by atoms with E-state index in [0.717, 1.165) is 25.9 Å². The van der Waals surface area contributed by atoms with Gasteiger partial charge in [-0.15, -0.1) is 0 Å². The third kappa shape index (κ3) is 3.30. The van der Waals surface area contributed by atoms with E-state index in [-0.39, 0.29) is 23.2 Å². The topological polar surface area (TPSA) is 63.9 Å². The van der Waals surface area contributed by atoms with E-state index < -0.39 is 7.12 Å². The SMILES string of the molecule is CC1(C)OB(C(C=N)C=NC2CCCCO2)OC1(C)C. The first-order chi connectivity index (χ1) is 9.36. The average Bonchev–Trinajstić information content (AvgIpc) is 2.60. The Kier molecular flexibility index (Phi) is 4.67. The van der Waals surface area contributed by atoms with Crippen molar-refractivity contribution in [3.63, 3.8) is 0 Å². The van der Waals surface area contributed by atoms with Crippen LogP contribution in [0.4, 0.5) is 0 Å². The molecule has 2 aliphatic rings. The lowest BCUT2D eigenvalue weighted by atomic mass is 9.73. The normalized spacial score (nSPS) is 30.6. The van der Waals surface area contributed by atoms with Crippen LogP contribution in [-0.4, -0.2) is 43.6 Å². The molecule has 0 aliphatic carbocycles. The average molecular weight is 280 g/mol. The maximum Gasteiger partial charge on any atom is 0.472 e. The minimum Gasteiger partial charge on any atom is -0.403 e. The molecule has 0 aromatic carbocycles. The van der Waals surface area contributed by atoms with Gasteiger partial charge < -0.3 is 19.5 Å². The maximum absolute atomic E-state index is 7.58. The minimum absolute atomic E-state index is 0.0753. The molecule has 0 radical (unpaired) electrons. The number of ether oxygens (including phenoxy) is 1. The molecule has 0 aromatic heterocycles. The van der Waals surface area contributed by atoms with Gasteiger partial charge in [0.15, 0.2) is 0 Å². The predicted octanol–water partition coefficient (Wildman–Crippen LogP) is 2.70. The number of nitrogens with zero attached hydrogens (tertiary/aromatic N) is 1. The summed E-state index contributed by atoms with van der Waals surface area (Å²) in [6, 6.07) is 0. The van der Waals surface area contributed by atoms with Crippen molar-refractivity contribution in [3.05, 3.63) is 0 Å². The lowest BCUT2D eigenvalue weighted by Crippen LogP contribution is -2.41. The first-order valence-electron chi connectivity index (χ1n) is 7.37. The Morgan fingerprint density at radius 2 is 1.85 bits per heavy atom. The first kappa shape index (κ1) is 15.7. The molecule has 2 saturated heterocycles. The number of hydrogen-bond donors (Lipinski definition) is 1. The number of hydrogen-bond acceptors (Lipinski definition) is 5. The molecule has 6 heteroatoms. The van der Waals surface area contributed by atoms with Crippen LogP contribution in [0.15, 0.2) is 4.99 Å². The minimum atomic E-state index is -0.454. The molecule has 2 rings (SSSR count). The van der Waals surface area contributed by atoms with Crippen LogP contribution in [0, 0.1) is 5.41 Å². The van der Waals surface area contributed by atoms with Gasteiger partial charge in [-0.2, -0.15) is 0 Å². The molecule has 2 atom stereocenters. The summed E-state index contributed by atoms with van der Waals surface area (Å²) < 4.78 is 17.5. The third-order valence-corrected chi connectivity index (χ3v) is 4.36. The quantitative estimate of drug-likeness (QED) is 0.636. The van der Waals surface area contributed by atoms with Gasteiger partial charge in [-0.25, -0.2) is 0 Å². The largest absolute Gasteiger partial charge is 0.472 e. The Labute approximate surface area is 121 Å². The van der Waals surface area contributed by atoms with Gasteiger partial charge >= 0.3 is 7.12 Å². The third-order valence-electron chi connectivity index (χ3n) is 4.36. The second-order valence-corrected chi connectivity index (χ2v) is 6.49. The standard InChI is InChI=1S/C14H25BN2O3/c1-13(2)14(3,4)20-15(19-13)11(9-16)10-17-12-7-5-6-8-18-12/h9-12,16H,5-8H2,1-4H3. The van der Waals surface area contributed by atoms with Crippen molar-refractivity contribution < 1.29 is 14.0 Å². The molecule has 1 N–H and O–H groups in total. The van der Waals surface area contributed by atoms with E-state index in [4.69, 9.17) is 19.5 Å². The van der Waals surface area contributed by atoms with E-state index in [1.54, 1.807) is 6.21 Å². The second-order valence-electron chi connectivity index (χ2n) is 6.49. The van der Waals surface area contributed by atoms with Crippen LogP contribution in [-0.2, 0) is 14.0 Å². The van der Waals surface area contributed by atoms with E-state index in [1.807, 2.05) is 27.7 Å². The van der Waals surface area contributed by atoms with Crippen molar-refractivity contribution in [3.8, 4) is 0 Å². The summed E-state index contributed by atoms with van der Waals surface area (Å²) >= 11 is 0. The van der Waals surface area contributed by atoms with E-state index in [1.165, 1.54) is 6.21 Å².